The van der Waals surface area contributed by atoms with Gasteiger partial charge >= 0.3 is 0 Å². The van der Waals surface area contributed by atoms with E-state index in [9.17, 15) is 9.18 Å². The van der Waals surface area contributed by atoms with E-state index in [1.54, 1.807) is 43.0 Å². The molecule has 5 aromatic heterocycles. The third-order valence-corrected chi connectivity index (χ3v) is 6.20. The number of nitrogens with one attached hydrogen (secondary N) is 3. The molecule has 1 amide bonds. The highest BCUT2D eigenvalue weighted by molar-refractivity contribution is 6.00. The van der Waals surface area contributed by atoms with Crippen LogP contribution in [0.3, 0.4) is 0 Å². The van der Waals surface area contributed by atoms with Crippen molar-refractivity contribution in [3.8, 4) is 33.8 Å². The van der Waals surface area contributed by atoms with Gasteiger partial charge in [-0.2, -0.15) is 5.10 Å². The minimum absolute atomic E-state index is 0.0810. The van der Waals surface area contributed by atoms with Gasteiger partial charge in [0.1, 0.15) is 17.0 Å². The van der Waals surface area contributed by atoms with E-state index in [0.29, 0.717) is 33.7 Å². The molecule has 0 bridgehead atoms. The Bertz CT molecular complexity index is 1790. The van der Waals surface area contributed by atoms with Crippen molar-refractivity contribution < 1.29 is 9.18 Å². The number of carbonyl (C=O) groups excluding carboxylic acids is 1. The molecular formula is C28H22FN7O. The largest absolute Gasteiger partial charge is 0.352 e. The average Bonchev–Trinajstić information content (AvgIpc) is 3.53. The number of carbonyl (C=O) groups is 1. The summed E-state index contributed by atoms with van der Waals surface area (Å²) in [4.78, 5) is 28.9. The number of hydrogen-bond donors (Lipinski definition) is 3. The summed E-state index contributed by atoms with van der Waals surface area (Å²) >= 11 is 0. The second-order valence-electron chi connectivity index (χ2n) is 9.08. The number of H-pyrrole nitrogens is 2. The smallest absolute Gasteiger partial charge is 0.226 e. The monoisotopic (exact) mass is 491 g/mol. The zero-order valence-electron chi connectivity index (χ0n) is 20.1. The van der Waals surface area contributed by atoms with Crippen molar-refractivity contribution in [2.75, 3.05) is 5.32 Å². The van der Waals surface area contributed by atoms with Crippen LogP contribution in [-0.2, 0) is 4.79 Å². The summed E-state index contributed by atoms with van der Waals surface area (Å²) in [6.07, 6.45) is 6.68. The van der Waals surface area contributed by atoms with E-state index < -0.39 is 0 Å². The van der Waals surface area contributed by atoms with E-state index in [1.807, 2.05) is 38.1 Å². The third kappa shape index (κ3) is 4.10. The van der Waals surface area contributed by atoms with Crippen LogP contribution in [-0.4, -0.2) is 36.0 Å². The van der Waals surface area contributed by atoms with Crippen molar-refractivity contribution in [1.82, 2.24) is 30.1 Å². The topological polar surface area (TPSA) is 112 Å². The number of benzene rings is 1. The van der Waals surface area contributed by atoms with Crippen LogP contribution in [0.5, 0.6) is 0 Å². The maximum absolute atomic E-state index is 14.5. The number of aromatic amines is 2. The Kier molecular flexibility index (Phi) is 5.45. The Morgan fingerprint density at radius 1 is 0.946 bits per heavy atom. The minimum atomic E-state index is -0.309. The molecule has 6 rings (SSSR count). The Morgan fingerprint density at radius 3 is 2.62 bits per heavy atom. The van der Waals surface area contributed by atoms with Crippen LogP contribution in [0, 0.1) is 11.7 Å². The van der Waals surface area contributed by atoms with Crippen LogP contribution in [0.4, 0.5) is 10.1 Å². The second-order valence-corrected chi connectivity index (χ2v) is 9.08. The molecule has 5 heterocycles. The fourth-order valence-corrected chi connectivity index (χ4v) is 4.26. The first-order valence-electron chi connectivity index (χ1n) is 11.8. The van der Waals surface area contributed by atoms with Gasteiger partial charge in [0.15, 0.2) is 0 Å². The van der Waals surface area contributed by atoms with Gasteiger partial charge in [-0.1, -0.05) is 32.0 Å². The summed E-state index contributed by atoms with van der Waals surface area (Å²) in [5, 5.41) is 11.2. The molecule has 0 radical (unpaired) electrons. The summed E-state index contributed by atoms with van der Waals surface area (Å²) in [7, 11) is 0. The summed E-state index contributed by atoms with van der Waals surface area (Å²) in [6, 6.07) is 14.2. The van der Waals surface area contributed by atoms with Crippen LogP contribution in [0.2, 0.25) is 0 Å². The molecule has 6 aromatic rings. The van der Waals surface area contributed by atoms with Crippen LogP contribution >= 0.6 is 0 Å². The summed E-state index contributed by atoms with van der Waals surface area (Å²) in [5.74, 6) is -0.531. The number of rotatable bonds is 5. The molecule has 37 heavy (non-hydrogen) atoms. The Balaban J connectivity index is 1.42. The molecule has 182 valence electrons. The molecule has 0 aliphatic carbocycles. The minimum Gasteiger partial charge on any atom is -0.352 e. The van der Waals surface area contributed by atoms with Crippen molar-refractivity contribution in [1.29, 1.82) is 0 Å². The first-order valence-corrected chi connectivity index (χ1v) is 11.8. The van der Waals surface area contributed by atoms with E-state index in [0.717, 1.165) is 27.7 Å². The molecule has 1 aromatic carbocycles. The maximum atomic E-state index is 14.5. The van der Waals surface area contributed by atoms with Gasteiger partial charge in [0.05, 0.1) is 40.5 Å². The summed E-state index contributed by atoms with van der Waals surface area (Å²) in [6.45, 7) is 3.67. The Hall–Kier alpha value is -4.92. The average molecular weight is 492 g/mol. The van der Waals surface area contributed by atoms with Crippen molar-refractivity contribution in [2.24, 2.45) is 5.92 Å². The molecular weight excluding hydrogens is 469 g/mol. The lowest BCUT2D eigenvalue weighted by atomic mass is 10.0. The highest BCUT2D eigenvalue weighted by Gasteiger charge is 2.17. The van der Waals surface area contributed by atoms with Crippen molar-refractivity contribution in [3.05, 3.63) is 79.1 Å². The van der Waals surface area contributed by atoms with E-state index in [2.05, 4.69) is 30.5 Å². The lowest BCUT2D eigenvalue weighted by molar-refractivity contribution is -0.118. The highest BCUT2D eigenvalue weighted by atomic mass is 19.1. The number of hydrogen-bond acceptors (Lipinski definition) is 5. The molecule has 0 saturated carbocycles. The van der Waals surface area contributed by atoms with Gasteiger partial charge in [0.2, 0.25) is 5.91 Å². The number of nitrogens with zero attached hydrogens (tertiary/aromatic N) is 4. The molecule has 0 aliphatic heterocycles. The standard InChI is InChI=1S/C28H22FN7O/c1-15(2)28(37)32-17-9-16(11-30-12-17)22-7-8-23-26(34-22)27(36-35-23)24-10-19-20(13-31-14-25(19)33-24)18-5-3-4-6-21(18)29/h3-15,33H,1-2H3,(H,32,37)(H,35,36). The Labute approximate surface area is 211 Å². The number of fused-ring (bicyclic) bond motifs is 2. The van der Waals surface area contributed by atoms with Gasteiger partial charge in [-0.05, 0) is 30.3 Å². The quantitative estimate of drug-likeness (QED) is 0.275. The third-order valence-electron chi connectivity index (χ3n) is 6.20. The number of anilines is 1. The molecule has 0 spiro atoms. The molecule has 0 saturated heterocycles. The number of aromatic nitrogens is 6. The summed E-state index contributed by atoms with van der Waals surface area (Å²) < 4.78 is 14.5. The fourth-order valence-electron chi connectivity index (χ4n) is 4.26. The lowest BCUT2D eigenvalue weighted by Gasteiger charge is -2.08. The van der Waals surface area contributed by atoms with Crippen LogP contribution in [0.25, 0.3) is 55.7 Å². The molecule has 0 aliphatic rings. The summed E-state index contributed by atoms with van der Waals surface area (Å²) in [5.41, 5.74) is 6.79. The zero-order chi connectivity index (χ0) is 25.5. The lowest BCUT2D eigenvalue weighted by Crippen LogP contribution is -2.17. The second kappa shape index (κ2) is 8.94. The van der Waals surface area contributed by atoms with E-state index in [-0.39, 0.29) is 17.6 Å². The van der Waals surface area contributed by atoms with Crippen LogP contribution in [0.15, 0.2) is 73.3 Å². The molecule has 0 fully saturated rings. The first kappa shape index (κ1) is 22.5. The van der Waals surface area contributed by atoms with Gasteiger partial charge in [-0.25, -0.2) is 9.37 Å². The highest BCUT2D eigenvalue weighted by Crippen LogP contribution is 2.34. The maximum Gasteiger partial charge on any atom is 0.226 e. The normalized spacial score (nSPS) is 11.5. The SMILES string of the molecule is CC(C)C(=O)Nc1cncc(-c2ccc3[nH]nc(-c4cc5c(-c6ccccc6F)cncc5[nH]4)c3n2)c1. The molecule has 3 N–H and O–H groups in total. The van der Waals surface area contributed by atoms with Gasteiger partial charge in [-0.3, -0.25) is 19.9 Å². The van der Waals surface area contributed by atoms with E-state index in [4.69, 9.17) is 4.98 Å². The molecule has 8 nitrogen and oxygen atoms in total. The number of pyridine rings is 3. The van der Waals surface area contributed by atoms with Crippen LogP contribution in [0.1, 0.15) is 13.8 Å². The van der Waals surface area contributed by atoms with Gasteiger partial charge in [0, 0.05) is 40.4 Å². The van der Waals surface area contributed by atoms with E-state index >= 15 is 0 Å². The van der Waals surface area contributed by atoms with Gasteiger partial charge in [-0.15, -0.1) is 0 Å². The molecule has 9 heteroatoms. The zero-order valence-corrected chi connectivity index (χ0v) is 20.1. The van der Waals surface area contributed by atoms with Crippen molar-refractivity contribution in [3.63, 3.8) is 0 Å². The van der Waals surface area contributed by atoms with Gasteiger partial charge in [0.25, 0.3) is 0 Å². The predicted octanol–water partition coefficient (Wildman–Crippen LogP) is 5.96. The fraction of sp³-hybridized carbons (Fsp3) is 0.107. The number of halogens is 1. The van der Waals surface area contributed by atoms with Crippen LogP contribution < -0.4 is 5.32 Å². The molecule has 0 unspecified atom stereocenters. The van der Waals surface area contributed by atoms with Crippen molar-refractivity contribution >= 4 is 33.5 Å². The van der Waals surface area contributed by atoms with Gasteiger partial charge < -0.3 is 10.3 Å². The Morgan fingerprint density at radius 2 is 1.78 bits per heavy atom. The first-order chi connectivity index (χ1) is 18.0. The predicted molar refractivity (Wildman–Crippen MR) is 141 cm³/mol. The number of amides is 1. The van der Waals surface area contributed by atoms with Crippen molar-refractivity contribution in [2.45, 2.75) is 13.8 Å². The molecule has 0 atom stereocenters. The van der Waals surface area contributed by atoms with E-state index in [1.165, 1.54) is 6.07 Å².